The molecular weight excluding hydrogens is 487 g/mol. The third-order valence-corrected chi connectivity index (χ3v) is 6.60. The van der Waals surface area contributed by atoms with E-state index >= 15 is 0 Å². The lowest BCUT2D eigenvalue weighted by molar-refractivity contribution is -0.145. The van der Waals surface area contributed by atoms with Gasteiger partial charge in [0.2, 0.25) is 17.7 Å². The standard InChI is InChI=1S/C25H22F3N7O2/c1-14-30-23(25(26,27)28)33-24(31-14)35-20(36)12-17-16-4-2-3-5-18(16)32-21(17)22(35)15-6-7-19(29-13-15)34-8-10-37-11-9-34/h2-7,13,22,32H,8-12H2,1H3. The van der Waals surface area contributed by atoms with Crippen LogP contribution in [0.1, 0.15) is 34.5 Å². The fourth-order valence-corrected chi connectivity index (χ4v) is 4.94. The molecule has 1 saturated heterocycles. The average molecular weight is 509 g/mol. The van der Waals surface area contributed by atoms with Crippen molar-refractivity contribution in [1.29, 1.82) is 0 Å². The fraction of sp³-hybridized carbons (Fsp3) is 0.320. The molecular formula is C25H22F3N7O2. The van der Waals surface area contributed by atoms with E-state index in [0.29, 0.717) is 37.6 Å². The van der Waals surface area contributed by atoms with Crippen LogP contribution in [0.25, 0.3) is 10.9 Å². The van der Waals surface area contributed by atoms with Gasteiger partial charge in [0.1, 0.15) is 17.7 Å². The third kappa shape index (κ3) is 4.16. The number of nitrogens with one attached hydrogen (secondary N) is 1. The molecule has 2 aliphatic heterocycles. The topological polar surface area (TPSA) is 100 Å². The molecule has 0 radical (unpaired) electrons. The number of halogens is 3. The van der Waals surface area contributed by atoms with Gasteiger partial charge in [0.05, 0.1) is 19.6 Å². The molecule has 5 heterocycles. The lowest BCUT2D eigenvalue weighted by Crippen LogP contribution is -2.42. The molecule has 6 rings (SSSR count). The number of para-hydroxylation sites is 1. The minimum Gasteiger partial charge on any atom is -0.378 e. The van der Waals surface area contributed by atoms with Crippen molar-refractivity contribution in [2.75, 3.05) is 36.1 Å². The summed E-state index contributed by atoms with van der Waals surface area (Å²) in [7, 11) is 0. The van der Waals surface area contributed by atoms with Gasteiger partial charge in [0.15, 0.2) is 0 Å². The number of morpholine rings is 1. The van der Waals surface area contributed by atoms with Gasteiger partial charge in [0.25, 0.3) is 0 Å². The molecule has 190 valence electrons. The number of rotatable bonds is 3. The van der Waals surface area contributed by atoms with Crippen molar-refractivity contribution in [1.82, 2.24) is 24.9 Å². The molecule has 9 nitrogen and oxygen atoms in total. The van der Waals surface area contributed by atoms with Crippen molar-refractivity contribution in [2.45, 2.75) is 25.6 Å². The zero-order valence-electron chi connectivity index (χ0n) is 19.8. The molecule has 0 bridgehead atoms. The first-order valence-electron chi connectivity index (χ1n) is 11.8. The summed E-state index contributed by atoms with van der Waals surface area (Å²) in [6.45, 7) is 3.96. The van der Waals surface area contributed by atoms with E-state index in [-0.39, 0.29) is 18.2 Å². The first-order valence-corrected chi connectivity index (χ1v) is 11.8. The quantitative estimate of drug-likeness (QED) is 0.451. The number of hydrogen-bond donors (Lipinski definition) is 1. The van der Waals surface area contributed by atoms with E-state index in [4.69, 9.17) is 4.74 Å². The number of nitrogens with zero attached hydrogens (tertiary/aromatic N) is 6. The number of pyridine rings is 1. The number of alkyl halides is 3. The molecule has 1 N–H and O–H groups in total. The zero-order chi connectivity index (χ0) is 25.7. The molecule has 3 aromatic heterocycles. The Morgan fingerprint density at radius 1 is 1.05 bits per heavy atom. The molecule has 0 spiro atoms. The Balaban J connectivity index is 1.50. The molecule has 0 saturated carbocycles. The van der Waals surface area contributed by atoms with Gasteiger partial charge in [0, 0.05) is 35.9 Å². The lowest BCUT2D eigenvalue weighted by atomic mass is 9.93. The van der Waals surface area contributed by atoms with Crippen molar-refractivity contribution in [3.8, 4) is 0 Å². The molecule has 1 aromatic carbocycles. The van der Waals surface area contributed by atoms with Crippen molar-refractivity contribution in [3.63, 3.8) is 0 Å². The van der Waals surface area contributed by atoms with Crippen LogP contribution in [0, 0.1) is 6.92 Å². The zero-order valence-corrected chi connectivity index (χ0v) is 19.8. The van der Waals surface area contributed by atoms with E-state index in [0.717, 1.165) is 22.3 Å². The Morgan fingerprint density at radius 2 is 1.84 bits per heavy atom. The van der Waals surface area contributed by atoms with Crippen molar-refractivity contribution in [2.24, 2.45) is 0 Å². The van der Waals surface area contributed by atoms with Crippen LogP contribution in [0.4, 0.5) is 24.9 Å². The summed E-state index contributed by atoms with van der Waals surface area (Å²) in [5.74, 6) is -1.49. The molecule has 1 amide bonds. The highest BCUT2D eigenvalue weighted by Gasteiger charge is 2.41. The van der Waals surface area contributed by atoms with Crippen LogP contribution >= 0.6 is 0 Å². The molecule has 0 aliphatic carbocycles. The highest BCUT2D eigenvalue weighted by Crippen LogP contribution is 2.41. The fourth-order valence-electron chi connectivity index (χ4n) is 4.94. The second-order valence-electron chi connectivity index (χ2n) is 8.96. The summed E-state index contributed by atoms with van der Waals surface area (Å²) >= 11 is 0. The maximum Gasteiger partial charge on any atom is 0.451 e. The van der Waals surface area contributed by atoms with Crippen molar-refractivity contribution < 1.29 is 22.7 Å². The minimum atomic E-state index is -4.79. The first kappa shape index (κ1) is 23.3. The highest BCUT2D eigenvalue weighted by atomic mass is 19.4. The van der Waals surface area contributed by atoms with E-state index in [1.807, 2.05) is 36.4 Å². The number of amides is 1. The van der Waals surface area contributed by atoms with Gasteiger partial charge in [-0.3, -0.25) is 9.69 Å². The second kappa shape index (κ2) is 8.80. The molecule has 4 aromatic rings. The Hall–Kier alpha value is -4.06. The summed E-state index contributed by atoms with van der Waals surface area (Å²) in [5.41, 5.74) is 2.92. The largest absolute Gasteiger partial charge is 0.451 e. The van der Waals surface area contributed by atoms with Gasteiger partial charge in [-0.2, -0.15) is 23.1 Å². The predicted molar refractivity (Wildman–Crippen MR) is 128 cm³/mol. The second-order valence-corrected chi connectivity index (χ2v) is 8.96. The Labute approximate surface area is 209 Å². The average Bonchev–Trinajstić information content (AvgIpc) is 3.26. The number of ether oxygens (including phenoxy) is 1. The van der Waals surface area contributed by atoms with Crippen molar-refractivity contribution in [3.05, 3.63) is 71.1 Å². The smallest absolute Gasteiger partial charge is 0.378 e. The number of aromatic nitrogens is 5. The molecule has 12 heteroatoms. The van der Waals surface area contributed by atoms with E-state index in [2.05, 4.69) is 29.8 Å². The minimum absolute atomic E-state index is 0.0127. The number of anilines is 2. The molecule has 1 unspecified atom stereocenters. The maximum atomic E-state index is 13.6. The van der Waals surface area contributed by atoms with Gasteiger partial charge in [-0.15, -0.1) is 0 Å². The van der Waals surface area contributed by atoms with Gasteiger partial charge >= 0.3 is 6.18 Å². The monoisotopic (exact) mass is 509 g/mol. The summed E-state index contributed by atoms with van der Waals surface area (Å²) in [5, 5.41) is 0.885. The van der Waals surface area contributed by atoms with E-state index < -0.39 is 23.9 Å². The first-order chi connectivity index (χ1) is 17.8. The van der Waals surface area contributed by atoms with E-state index in [9.17, 15) is 18.0 Å². The SMILES string of the molecule is Cc1nc(N2C(=O)Cc3c([nH]c4ccccc34)C2c2ccc(N3CCOCC3)nc2)nc(C(F)(F)F)n1. The predicted octanol–water partition coefficient (Wildman–Crippen LogP) is 3.59. The van der Waals surface area contributed by atoms with Gasteiger partial charge in [-0.05, 0) is 30.2 Å². The molecule has 37 heavy (non-hydrogen) atoms. The van der Waals surface area contributed by atoms with Crippen molar-refractivity contribution >= 4 is 28.6 Å². The lowest BCUT2D eigenvalue weighted by Gasteiger charge is -2.35. The molecule has 1 fully saturated rings. The summed E-state index contributed by atoms with van der Waals surface area (Å²) in [4.78, 5) is 36.1. The number of carbonyl (C=O) groups is 1. The number of aromatic amines is 1. The Kier molecular flexibility index (Phi) is 5.55. The number of carbonyl (C=O) groups excluding carboxylic acids is 1. The Morgan fingerprint density at radius 3 is 2.57 bits per heavy atom. The van der Waals surface area contributed by atoms with Crippen LogP contribution in [-0.2, 0) is 22.1 Å². The van der Waals surface area contributed by atoms with Crippen LogP contribution in [0.2, 0.25) is 0 Å². The van der Waals surface area contributed by atoms with Crippen LogP contribution in [0.5, 0.6) is 0 Å². The van der Waals surface area contributed by atoms with Gasteiger partial charge in [-0.1, -0.05) is 24.3 Å². The van der Waals surface area contributed by atoms with E-state index in [1.54, 1.807) is 6.20 Å². The summed E-state index contributed by atoms with van der Waals surface area (Å²) < 4.78 is 46.0. The van der Waals surface area contributed by atoms with E-state index in [1.165, 1.54) is 11.8 Å². The Bertz CT molecular complexity index is 1480. The molecule has 2 aliphatic rings. The normalized spacial score (nSPS) is 18.4. The number of benzene rings is 1. The van der Waals surface area contributed by atoms with Crippen LogP contribution in [0.3, 0.4) is 0 Å². The highest BCUT2D eigenvalue weighted by molar-refractivity contribution is 6.01. The van der Waals surface area contributed by atoms with Crippen LogP contribution < -0.4 is 9.80 Å². The number of H-pyrrole nitrogens is 1. The van der Waals surface area contributed by atoms with Gasteiger partial charge in [-0.25, -0.2) is 9.97 Å². The summed E-state index contributed by atoms with van der Waals surface area (Å²) in [6, 6.07) is 10.4. The van der Waals surface area contributed by atoms with Crippen LogP contribution in [0.15, 0.2) is 42.6 Å². The number of fused-ring (bicyclic) bond motifs is 3. The molecule has 1 atom stereocenters. The summed E-state index contributed by atoms with van der Waals surface area (Å²) in [6.07, 6.45) is -3.15. The maximum absolute atomic E-state index is 13.6. The number of hydrogen-bond acceptors (Lipinski definition) is 7. The van der Waals surface area contributed by atoms with Gasteiger partial charge < -0.3 is 14.6 Å². The van der Waals surface area contributed by atoms with Crippen LogP contribution in [-0.4, -0.2) is 57.1 Å². The number of aryl methyl sites for hydroxylation is 1. The third-order valence-electron chi connectivity index (χ3n) is 6.60.